The minimum Gasteiger partial charge on any atom is -0.363 e. The molecule has 0 aliphatic carbocycles. The molecular formula is C17H11FN4O3S. The Balaban J connectivity index is 1.70. The van der Waals surface area contributed by atoms with Crippen molar-refractivity contribution < 1.29 is 13.7 Å². The largest absolute Gasteiger partial charge is 0.363 e. The Morgan fingerprint density at radius 2 is 2.08 bits per heavy atom. The molecule has 0 saturated heterocycles. The molecule has 0 aliphatic rings. The van der Waals surface area contributed by atoms with Crippen molar-refractivity contribution in [3.63, 3.8) is 0 Å². The first-order valence-corrected chi connectivity index (χ1v) is 8.42. The van der Waals surface area contributed by atoms with E-state index < -0.39 is 5.91 Å². The highest BCUT2D eigenvalue weighted by Gasteiger charge is 2.15. The third-order valence-corrected chi connectivity index (χ3v) is 4.62. The highest BCUT2D eigenvalue weighted by atomic mass is 32.1. The molecule has 9 heteroatoms. The molecule has 0 bridgehead atoms. The average molecular weight is 370 g/mol. The normalized spacial score (nSPS) is 11.0. The van der Waals surface area contributed by atoms with E-state index in [1.54, 1.807) is 17.5 Å². The van der Waals surface area contributed by atoms with Gasteiger partial charge in [0, 0.05) is 17.0 Å². The van der Waals surface area contributed by atoms with E-state index in [0.717, 1.165) is 0 Å². The van der Waals surface area contributed by atoms with E-state index in [0.29, 0.717) is 21.3 Å². The van der Waals surface area contributed by atoms with Crippen molar-refractivity contribution in [3.05, 3.63) is 64.5 Å². The minimum atomic E-state index is -0.430. The van der Waals surface area contributed by atoms with Gasteiger partial charge in [-0.25, -0.2) is 9.37 Å². The lowest BCUT2D eigenvalue weighted by atomic mass is 10.1. The second-order valence-electron chi connectivity index (χ2n) is 5.45. The van der Waals surface area contributed by atoms with Crippen LogP contribution in [0.15, 0.2) is 57.6 Å². The summed E-state index contributed by atoms with van der Waals surface area (Å²) in [6.45, 7) is -0.215. The van der Waals surface area contributed by atoms with Crippen LogP contribution in [0.4, 0.5) is 10.2 Å². The van der Waals surface area contributed by atoms with Gasteiger partial charge in [-0.2, -0.15) is 0 Å². The quantitative estimate of drug-likeness (QED) is 0.597. The number of nitrogens with one attached hydrogen (secondary N) is 1. The third kappa shape index (κ3) is 3.00. The first-order chi connectivity index (χ1) is 12.6. The lowest BCUT2D eigenvalue weighted by Crippen LogP contribution is -2.27. The van der Waals surface area contributed by atoms with E-state index in [-0.39, 0.29) is 23.7 Å². The van der Waals surface area contributed by atoms with Gasteiger partial charge < -0.3 is 9.84 Å². The van der Waals surface area contributed by atoms with Gasteiger partial charge in [0.05, 0.1) is 11.7 Å². The molecule has 7 nitrogen and oxygen atoms in total. The molecule has 0 spiro atoms. The van der Waals surface area contributed by atoms with Gasteiger partial charge in [0.25, 0.3) is 5.56 Å². The zero-order valence-electron chi connectivity index (χ0n) is 13.2. The van der Waals surface area contributed by atoms with Crippen LogP contribution in [-0.2, 0) is 11.3 Å². The number of carbonyl (C=O) groups is 1. The van der Waals surface area contributed by atoms with Crippen LogP contribution in [0.2, 0.25) is 0 Å². The molecule has 1 amide bonds. The van der Waals surface area contributed by atoms with Crippen molar-refractivity contribution in [1.82, 2.24) is 14.7 Å². The fraction of sp³-hybridized carbons (Fsp3) is 0.0588. The van der Waals surface area contributed by atoms with Gasteiger partial charge in [0.2, 0.25) is 5.91 Å². The molecule has 0 saturated carbocycles. The maximum absolute atomic E-state index is 13.2. The van der Waals surface area contributed by atoms with E-state index in [1.807, 2.05) is 0 Å². The Kier molecular flexibility index (Phi) is 4.05. The molecule has 0 unspecified atom stereocenters. The average Bonchev–Trinajstić information content (AvgIpc) is 3.28. The number of hydrogen-bond donors (Lipinski definition) is 1. The summed E-state index contributed by atoms with van der Waals surface area (Å²) >= 11 is 1.32. The Hall–Kier alpha value is -3.33. The van der Waals surface area contributed by atoms with E-state index >= 15 is 0 Å². The fourth-order valence-electron chi connectivity index (χ4n) is 2.54. The number of halogens is 1. The lowest BCUT2D eigenvalue weighted by molar-refractivity contribution is -0.116. The predicted molar refractivity (Wildman–Crippen MR) is 94.4 cm³/mol. The first kappa shape index (κ1) is 16.2. The Morgan fingerprint density at radius 1 is 1.27 bits per heavy atom. The van der Waals surface area contributed by atoms with Crippen LogP contribution in [0.5, 0.6) is 0 Å². The SMILES string of the molecule is O=C(Cn1cnc2scc(-c3ccc(F)cc3)c2c1=O)Nc1ccon1. The summed E-state index contributed by atoms with van der Waals surface area (Å²) in [4.78, 5) is 29.7. The summed E-state index contributed by atoms with van der Waals surface area (Å²) in [5.74, 6) is -0.520. The molecule has 1 N–H and O–H groups in total. The van der Waals surface area contributed by atoms with Gasteiger partial charge in [-0.3, -0.25) is 14.2 Å². The van der Waals surface area contributed by atoms with Crippen molar-refractivity contribution in [3.8, 4) is 11.1 Å². The molecule has 26 heavy (non-hydrogen) atoms. The Bertz CT molecular complexity index is 1130. The van der Waals surface area contributed by atoms with E-state index in [9.17, 15) is 14.0 Å². The maximum atomic E-state index is 13.2. The number of fused-ring (bicyclic) bond motifs is 1. The van der Waals surface area contributed by atoms with Crippen molar-refractivity contribution in [2.45, 2.75) is 6.54 Å². The molecular weight excluding hydrogens is 359 g/mol. The number of nitrogens with zero attached hydrogens (tertiary/aromatic N) is 3. The number of aromatic nitrogens is 3. The minimum absolute atomic E-state index is 0.215. The molecule has 0 fully saturated rings. The van der Waals surface area contributed by atoms with Gasteiger partial charge in [0.1, 0.15) is 23.5 Å². The molecule has 4 rings (SSSR count). The zero-order chi connectivity index (χ0) is 18.1. The number of amides is 1. The second kappa shape index (κ2) is 6.52. The topological polar surface area (TPSA) is 90.0 Å². The van der Waals surface area contributed by atoms with E-state index in [1.165, 1.54) is 46.7 Å². The summed E-state index contributed by atoms with van der Waals surface area (Å²) in [6.07, 6.45) is 2.66. The van der Waals surface area contributed by atoms with Crippen molar-refractivity contribution in [1.29, 1.82) is 0 Å². The van der Waals surface area contributed by atoms with Crippen molar-refractivity contribution in [2.24, 2.45) is 0 Å². The van der Waals surface area contributed by atoms with Gasteiger partial charge in [0.15, 0.2) is 5.82 Å². The summed E-state index contributed by atoms with van der Waals surface area (Å²) in [7, 11) is 0. The van der Waals surface area contributed by atoms with Crippen molar-refractivity contribution >= 4 is 33.3 Å². The highest BCUT2D eigenvalue weighted by Crippen LogP contribution is 2.30. The lowest BCUT2D eigenvalue weighted by Gasteiger charge is -2.06. The molecule has 3 aromatic heterocycles. The van der Waals surface area contributed by atoms with Crippen LogP contribution in [-0.4, -0.2) is 20.6 Å². The standard InChI is InChI=1S/C17H11FN4O3S/c18-11-3-1-10(2-4-11)12-8-26-16-15(12)17(24)22(9-19-16)7-14(23)20-13-5-6-25-21-13/h1-6,8-9H,7H2,(H,20,21,23). The number of anilines is 1. The number of carbonyl (C=O) groups excluding carboxylic acids is 1. The van der Waals surface area contributed by atoms with Gasteiger partial charge >= 0.3 is 0 Å². The van der Waals surface area contributed by atoms with E-state index in [4.69, 9.17) is 0 Å². The smallest absolute Gasteiger partial charge is 0.263 e. The Morgan fingerprint density at radius 3 is 2.81 bits per heavy atom. The molecule has 0 aliphatic heterocycles. The van der Waals surface area contributed by atoms with Gasteiger partial charge in [-0.15, -0.1) is 11.3 Å². The first-order valence-electron chi connectivity index (χ1n) is 7.54. The number of benzene rings is 1. The van der Waals surface area contributed by atoms with Gasteiger partial charge in [-0.05, 0) is 17.7 Å². The summed E-state index contributed by atoms with van der Waals surface area (Å²) in [5.41, 5.74) is 1.03. The highest BCUT2D eigenvalue weighted by molar-refractivity contribution is 7.17. The molecule has 1 aromatic carbocycles. The number of thiophene rings is 1. The monoisotopic (exact) mass is 370 g/mol. The molecule has 130 valence electrons. The molecule has 0 atom stereocenters. The van der Waals surface area contributed by atoms with Crippen molar-refractivity contribution in [2.75, 3.05) is 5.32 Å². The van der Waals surface area contributed by atoms with E-state index in [2.05, 4.69) is 20.0 Å². The van der Waals surface area contributed by atoms with Crippen LogP contribution >= 0.6 is 11.3 Å². The van der Waals surface area contributed by atoms with Gasteiger partial charge in [-0.1, -0.05) is 17.3 Å². The zero-order valence-corrected chi connectivity index (χ0v) is 14.0. The molecule has 0 radical (unpaired) electrons. The third-order valence-electron chi connectivity index (χ3n) is 3.74. The fourth-order valence-corrected chi connectivity index (χ4v) is 3.44. The van der Waals surface area contributed by atoms with Crippen LogP contribution in [0.25, 0.3) is 21.3 Å². The maximum Gasteiger partial charge on any atom is 0.263 e. The summed E-state index contributed by atoms with van der Waals surface area (Å²) in [5, 5.41) is 8.30. The Labute approximate surface area is 149 Å². The second-order valence-corrected chi connectivity index (χ2v) is 6.31. The summed E-state index contributed by atoms with van der Waals surface area (Å²) < 4.78 is 19.0. The molecule has 4 aromatic rings. The van der Waals surface area contributed by atoms with Crippen LogP contribution < -0.4 is 10.9 Å². The molecule has 3 heterocycles. The summed E-state index contributed by atoms with van der Waals surface area (Å²) in [6, 6.07) is 7.36. The number of rotatable bonds is 4. The predicted octanol–water partition coefficient (Wildman–Crippen LogP) is 2.89. The van der Waals surface area contributed by atoms with Crippen LogP contribution in [0.1, 0.15) is 0 Å². The number of hydrogen-bond acceptors (Lipinski definition) is 6. The van der Waals surface area contributed by atoms with Crippen LogP contribution in [0.3, 0.4) is 0 Å². The van der Waals surface area contributed by atoms with Crippen LogP contribution in [0, 0.1) is 5.82 Å².